The highest BCUT2D eigenvalue weighted by Gasteiger charge is 2.09. The van der Waals surface area contributed by atoms with Gasteiger partial charge in [-0.15, -0.1) is 0 Å². The average Bonchev–Trinajstić information content (AvgIpc) is 2.47. The minimum absolute atomic E-state index is 0.0435. The molecule has 1 atom stereocenters. The van der Waals surface area contributed by atoms with E-state index in [2.05, 4.69) is 21.2 Å². The van der Waals surface area contributed by atoms with Gasteiger partial charge in [0.15, 0.2) is 0 Å². The van der Waals surface area contributed by atoms with Crippen molar-refractivity contribution in [1.82, 2.24) is 5.32 Å². The summed E-state index contributed by atoms with van der Waals surface area (Å²) in [6.45, 7) is 0.554. The molecule has 0 heterocycles. The SMILES string of the molecule is OC[C@@H](Cc1ccccc1)NCc1cc(F)ccc1Br. The van der Waals surface area contributed by atoms with E-state index in [9.17, 15) is 9.50 Å². The Hall–Kier alpha value is -1.23. The first kappa shape index (κ1) is 15.2. The predicted octanol–water partition coefficient (Wildman–Crippen LogP) is 3.28. The van der Waals surface area contributed by atoms with Gasteiger partial charge in [0.25, 0.3) is 0 Å². The number of hydrogen-bond acceptors (Lipinski definition) is 2. The fraction of sp³-hybridized carbons (Fsp3) is 0.250. The molecule has 0 unspecified atom stereocenters. The Labute approximate surface area is 126 Å². The van der Waals surface area contributed by atoms with Gasteiger partial charge in [-0.3, -0.25) is 0 Å². The summed E-state index contributed by atoms with van der Waals surface area (Å²) in [5.74, 6) is -0.256. The highest BCUT2D eigenvalue weighted by atomic mass is 79.9. The summed E-state index contributed by atoms with van der Waals surface area (Å²) < 4.78 is 14.1. The summed E-state index contributed by atoms with van der Waals surface area (Å²) in [7, 11) is 0. The van der Waals surface area contributed by atoms with Gasteiger partial charge in [-0.1, -0.05) is 46.3 Å². The van der Waals surface area contributed by atoms with Crippen LogP contribution in [0.25, 0.3) is 0 Å². The highest BCUT2D eigenvalue weighted by molar-refractivity contribution is 9.10. The van der Waals surface area contributed by atoms with Gasteiger partial charge in [-0.25, -0.2) is 4.39 Å². The highest BCUT2D eigenvalue weighted by Crippen LogP contribution is 2.17. The summed E-state index contributed by atoms with van der Waals surface area (Å²) in [6, 6.07) is 14.5. The van der Waals surface area contributed by atoms with Crippen LogP contribution in [0.3, 0.4) is 0 Å². The third kappa shape index (κ3) is 4.40. The number of halogens is 2. The minimum Gasteiger partial charge on any atom is -0.395 e. The molecule has 2 nitrogen and oxygen atoms in total. The largest absolute Gasteiger partial charge is 0.395 e. The Balaban J connectivity index is 1.95. The molecule has 0 aliphatic rings. The quantitative estimate of drug-likeness (QED) is 0.847. The molecule has 0 aliphatic heterocycles. The number of hydrogen-bond donors (Lipinski definition) is 2. The van der Waals surface area contributed by atoms with Crippen LogP contribution >= 0.6 is 15.9 Å². The predicted molar refractivity (Wildman–Crippen MR) is 82.0 cm³/mol. The Morgan fingerprint density at radius 3 is 2.60 bits per heavy atom. The van der Waals surface area contributed by atoms with Crippen molar-refractivity contribution in [2.45, 2.75) is 19.0 Å². The molecule has 0 spiro atoms. The van der Waals surface area contributed by atoms with Gasteiger partial charge in [0.05, 0.1) is 6.61 Å². The maximum atomic E-state index is 13.2. The summed E-state index contributed by atoms with van der Waals surface area (Å²) in [5, 5.41) is 12.7. The van der Waals surface area contributed by atoms with Crippen molar-refractivity contribution in [3.05, 3.63) is 69.9 Å². The topological polar surface area (TPSA) is 32.3 Å². The van der Waals surface area contributed by atoms with E-state index in [0.29, 0.717) is 6.54 Å². The summed E-state index contributed by atoms with van der Waals surface area (Å²) in [5.41, 5.74) is 2.01. The van der Waals surface area contributed by atoms with Crippen LogP contribution in [0.15, 0.2) is 53.0 Å². The third-order valence-corrected chi connectivity index (χ3v) is 3.91. The van der Waals surface area contributed by atoms with Crippen molar-refractivity contribution in [3.8, 4) is 0 Å². The molecule has 0 fully saturated rings. The number of aliphatic hydroxyl groups is 1. The van der Waals surface area contributed by atoms with Crippen LogP contribution in [-0.4, -0.2) is 17.8 Å². The average molecular weight is 338 g/mol. The monoisotopic (exact) mass is 337 g/mol. The van der Waals surface area contributed by atoms with E-state index in [1.54, 1.807) is 6.07 Å². The second-order valence-electron chi connectivity index (χ2n) is 4.69. The summed E-state index contributed by atoms with van der Waals surface area (Å²) in [4.78, 5) is 0. The lowest BCUT2D eigenvalue weighted by molar-refractivity contribution is 0.240. The van der Waals surface area contributed by atoms with Gasteiger partial charge in [0.1, 0.15) is 5.82 Å². The van der Waals surface area contributed by atoms with Crippen LogP contribution in [0, 0.1) is 5.82 Å². The fourth-order valence-electron chi connectivity index (χ4n) is 2.03. The fourth-order valence-corrected chi connectivity index (χ4v) is 2.42. The molecule has 2 N–H and O–H groups in total. The van der Waals surface area contributed by atoms with Crippen molar-refractivity contribution in [2.24, 2.45) is 0 Å². The molecule has 0 aromatic heterocycles. The van der Waals surface area contributed by atoms with E-state index in [4.69, 9.17) is 0 Å². The lowest BCUT2D eigenvalue weighted by Gasteiger charge is -2.17. The van der Waals surface area contributed by atoms with E-state index in [0.717, 1.165) is 22.0 Å². The van der Waals surface area contributed by atoms with Crippen molar-refractivity contribution < 1.29 is 9.50 Å². The lowest BCUT2D eigenvalue weighted by atomic mass is 10.1. The van der Waals surface area contributed by atoms with Crippen LogP contribution < -0.4 is 5.32 Å². The maximum absolute atomic E-state index is 13.2. The summed E-state index contributed by atoms with van der Waals surface area (Å²) >= 11 is 3.40. The molecule has 2 aromatic carbocycles. The second kappa shape index (κ2) is 7.53. The van der Waals surface area contributed by atoms with Crippen LogP contribution in [-0.2, 0) is 13.0 Å². The Morgan fingerprint density at radius 1 is 1.15 bits per heavy atom. The summed E-state index contributed by atoms with van der Waals surface area (Å²) in [6.07, 6.45) is 0.740. The second-order valence-corrected chi connectivity index (χ2v) is 5.54. The van der Waals surface area contributed by atoms with Gasteiger partial charge >= 0.3 is 0 Å². The molecular weight excluding hydrogens is 321 g/mol. The zero-order valence-corrected chi connectivity index (χ0v) is 12.6. The first-order valence-corrected chi connectivity index (χ1v) is 7.30. The molecule has 106 valence electrons. The van der Waals surface area contributed by atoms with E-state index >= 15 is 0 Å². The van der Waals surface area contributed by atoms with Crippen molar-refractivity contribution in [3.63, 3.8) is 0 Å². The molecule has 0 saturated carbocycles. The Morgan fingerprint density at radius 2 is 1.90 bits per heavy atom. The Kier molecular flexibility index (Phi) is 5.71. The Bertz CT molecular complexity index is 547. The molecular formula is C16H17BrFNO. The van der Waals surface area contributed by atoms with Gasteiger partial charge in [-0.05, 0) is 35.7 Å². The van der Waals surface area contributed by atoms with Crippen molar-refractivity contribution in [1.29, 1.82) is 0 Å². The molecule has 0 amide bonds. The number of nitrogens with one attached hydrogen (secondary N) is 1. The standard InChI is InChI=1S/C16H17BrFNO/c17-16-7-6-14(18)9-13(16)10-19-15(11-20)8-12-4-2-1-3-5-12/h1-7,9,15,19-20H,8,10-11H2/t15-/m1/s1. The lowest BCUT2D eigenvalue weighted by Crippen LogP contribution is -2.34. The van der Waals surface area contributed by atoms with Crippen LogP contribution in [0.2, 0.25) is 0 Å². The number of rotatable bonds is 6. The van der Waals surface area contributed by atoms with Gasteiger partial charge < -0.3 is 10.4 Å². The third-order valence-electron chi connectivity index (χ3n) is 3.13. The van der Waals surface area contributed by atoms with E-state index in [1.165, 1.54) is 12.1 Å². The zero-order valence-electron chi connectivity index (χ0n) is 11.0. The van der Waals surface area contributed by atoms with Crippen LogP contribution in [0.5, 0.6) is 0 Å². The van der Waals surface area contributed by atoms with E-state index in [-0.39, 0.29) is 18.5 Å². The van der Waals surface area contributed by atoms with Crippen LogP contribution in [0.4, 0.5) is 4.39 Å². The van der Waals surface area contributed by atoms with Crippen molar-refractivity contribution in [2.75, 3.05) is 6.61 Å². The molecule has 2 rings (SSSR count). The van der Waals surface area contributed by atoms with Gasteiger partial charge in [0.2, 0.25) is 0 Å². The number of benzene rings is 2. The van der Waals surface area contributed by atoms with Crippen molar-refractivity contribution >= 4 is 15.9 Å². The molecule has 2 aromatic rings. The number of aliphatic hydroxyl groups excluding tert-OH is 1. The molecule has 20 heavy (non-hydrogen) atoms. The molecule has 0 radical (unpaired) electrons. The van der Waals surface area contributed by atoms with Gasteiger partial charge in [-0.2, -0.15) is 0 Å². The molecule has 0 aliphatic carbocycles. The molecule has 0 bridgehead atoms. The minimum atomic E-state index is -0.256. The van der Waals surface area contributed by atoms with E-state index < -0.39 is 0 Å². The normalized spacial score (nSPS) is 12.3. The van der Waals surface area contributed by atoms with Gasteiger partial charge in [0, 0.05) is 17.1 Å². The smallest absolute Gasteiger partial charge is 0.123 e. The first-order valence-electron chi connectivity index (χ1n) is 6.51. The maximum Gasteiger partial charge on any atom is 0.123 e. The first-order chi connectivity index (χ1) is 9.69. The van der Waals surface area contributed by atoms with E-state index in [1.807, 2.05) is 30.3 Å². The van der Waals surface area contributed by atoms with Crippen LogP contribution in [0.1, 0.15) is 11.1 Å². The molecule has 4 heteroatoms. The molecule has 0 saturated heterocycles. The zero-order chi connectivity index (χ0) is 14.4.